The van der Waals surface area contributed by atoms with Crippen LogP contribution < -0.4 is 85.9 Å². The summed E-state index contributed by atoms with van der Waals surface area (Å²) in [6.45, 7) is 13.1. The maximum Gasteiger partial charge on any atom is 0.328 e. The monoisotopic (exact) mass is 1750 g/mol. The lowest BCUT2D eigenvalue weighted by atomic mass is 9.99. The van der Waals surface area contributed by atoms with Gasteiger partial charge in [-0.2, -0.15) is 12.6 Å². The molecule has 1 aromatic heterocycles. The maximum atomic E-state index is 15.0. The molecule has 1 fully saturated rings. The second-order valence-corrected chi connectivity index (χ2v) is 32.1. The molecule has 1 aliphatic rings. The summed E-state index contributed by atoms with van der Waals surface area (Å²) in [6.07, 6.45) is -2.94. The van der Waals surface area contributed by atoms with E-state index in [1.807, 2.05) is 0 Å². The van der Waals surface area contributed by atoms with Crippen molar-refractivity contribution >= 4 is 130 Å². The van der Waals surface area contributed by atoms with Crippen LogP contribution in [0.5, 0.6) is 5.75 Å². The summed E-state index contributed by atoms with van der Waals surface area (Å²) < 4.78 is 0. The van der Waals surface area contributed by atoms with Crippen molar-refractivity contribution in [3.63, 3.8) is 0 Å². The van der Waals surface area contributed by atoms with Crippen molar-refractivity contribution in [2.75, 3.05) is 25.4 Å². The molecule has 2 heterocycles. The molecule has 41 nitrogen and oxygen atoms in total. The van der Waals surface area contributed by atoms with Gasteiger partial charge in [-0.3, -0.25) is 82.1 Å². The Balaban J connectivity index is 1.36. The molecule has 3 aromatic carbocycles. The summed E-state index contributed by atoms with van der Waals surface area (Å²) >= 11 is 4.20. The predicted molar refractivity (Wildman–Crippen MR) is 454 cm³/mol. The van der Waals surface area contributed by atoms with Crippen LogP contribution in [0.25, 0.3) is 10.9 Å². The number of amides is 14. The number of guanidine groups is 1. The number of hydrogen-bond donors (Lipinski definition) is 24. The van der Waals surface area contributed by atoms with E-state index in [4.69, 9.17) is 16.9 Å². The Hall–Kier alpha value is -12.5. The molecular weight excluding hydrogens is 1640 g/mol. The van der Waals surface area contributed by atoms with E-state index in [-0.39, 0.29) is 94.2 Å². The minimum Gasteiger partial charge on any atom is -0.508 e. The van der Waals surface area contributed by atoms with Gasteiger partial charge in [0.1, 0.15) is 78.3 Å². The van der Waals surface area contributed by atoms with Crippen LogP contribution in [0.2, 0.25) is 0 Å². The van der Waals surface area contributed by atoms with Crippen molar-refractivity contribution in [1.82, 2.24) is 84.3 Å². The summed E-state index contributed by atoms with van der Waals surface area (Å²) in [5.74, 6) is -19.3. The van der Waals surface area contributed by atoms with Gasteiger partial charge < -0.3 is 121 Å². The Kier molecular flexibility index (Phi) is 41.3. The van der Waals surface area contributed by atoms with Gasteiger partial charge in [0, 0.05) is 68.0 Å². The number of nitrogens with one attached hydrogen (secondary N) is 16. The number of likely N-dealkylation sites (tertiary alicyclic amines) is 1. The molecule has 25 N–H and O–H groups in total. The Morgan fingerprint density at radius 3 is 1.48 bits per heavy atom. The number of carbonyl (C=O) groups is 17. The highest BCUT2D eigenvalue weighted by atomic mass is 32.1. The number of H-pyrrole nitrogens is 1. The normalized spacial score (nSPS) is 15.9. The molecule has 1 aliphatic heterocycles. The van der Waals surface area contributed by atoms with E-state index in [2.05, 4.69) is 92.0 Å². The molecule has 0 spiro atoms. The maximum absolute atomic E-state index is 15.0. The molecule has 0 aliphatic carbocycles. The molecular formula is C82H119N19O22S. The number of hydrogen-bond acceptors (Lipinski definition) is 22. The molecule has 42 heteroatoms. The van der Waals surface area contributed by atoms with Crippen molar-refractivity contribution in [3.8, 4) is 5.75 Å². The Morgan fingerprint density at radius 2 is 0.952 bits per heavy atom. The Morgan fingerprint density at radius 1 is 0.500 bits per heavy atom. The van der Waals surface area contributed by atoms with Crippen molar-refractivity contribution in [2.24, 2.45) is 29.2 Å². The highest BCUT2D eigenvalue weighted by Crippen LogP contribution is 2.23. The summed E-state index contributed by atoms with van der Waals surface area (Å²) in [5.41, 5.74) is 13.3. The average molecular weight is 1760 g/mol. The number of aliphatic hydroxyl groups excluding tert-OH is 1. The summed E-state index contributed by atoms with van der Waals surface area (Å²) in [4.78, 5) is 239. The molecule has 5 rings (SSSR count). The average Bonchev–Trinajstić information content (AvgIpc) is 1.67. The third kappa shape index (κ3) is 33.7. The number of phenolic OH excluding ortho intramolecular Hbond substituents is 1. The number of nitrogens with two attached hydrogens (primary N) is 2. The van der Waals surface area contributed by atoms with Crippen LogP contribution in [0.1, 0.15) is 143 Å². The number of nitrogens with zero attached hydrogens (tertiary/aromatic N) is 1. The van der Waals surface area contributed by atoms with Gasteiger partial charge in [0.25, 0.3) is 0 Å². The van der Waals surface area contributed by atoms with E-state index in [0.29, 0.717) is 27.6 Å². The number of aromatic nitrogens is 1. The fourth-order valence-corrected chi connectivity index (χ4v) is 13.6. The molecule has 0 radical (unpaired) electrons. The number of aliphatic carboxylic acids is 3. The van der Waals surface area contributed by atoms with Gasteiger partial charge in [0.2, 0.25) is 82.7 Å². The highest BCUT2D eigenvalue weighted by Gasteiger charge is 2.41. The van der Waals surface area contributed by atoms with Crippen molar-refractivity contribution in [1.29, 1.82) is 5.41 Å². The molecule has 680 valence electrons. The molecule has 0 bridgehead atoms. The third-order valence-corrected chi connectivity index (χ3v) is 20.4. The number of carbonyl (C=O) groups excluding carboxylic acids is 14. The molecule has 4 aromatic rings. The lowest BCUT2D eigenvalue weighted by Gasteiger charge is -2.29. The first-order valence-electron chi connectivity index (χ1n) is 40.8. The van der Waals surface area contributed by atoms with Gasteiger partial charge in [-0.1, -0.05) is 102 Å². The van der Waals surface area contributed by atoms with Crippen LogP contribution in [0.4, 0.5) is 0 Å². The summed E-state index contributed by atoms with van der Waals surface area (Å²) in [7, 11) is 0. The van der Waals surface area contributed by atoms with Gasteiger partial charge in [-0.25, -0.2) is 4.79 Å². The molecule has 0 saturated carbocycles. The van der Waals surface area contributed by atoms with Crippen LogP contribution in [-0.4, -0.2) is 258 Å². The van der Waals surface area contributed by atoms with E-state index >= 15 is 0 Å². The first-order chi connectivity index (χ1) is 58.5. The molecule has 14 amide bonds. The van der Waals surface area contributed by atoms with Gasteiger partial charge in [-0.15, -0.1) is 0 Å². The third-order valence-electron chi connectivity index (χ3n) is 20.1. The number of aromatic amines is 1. The van der Waals surface area contributed by atoms with Crippen LogP contribution in [-0.2, 0) is 101 Å². The first kappa shape index (κ1) is 102. The predicted octanol–water partition coefficient (Wildman–Crippen LogP) is -2.67. The van der Waals surface area contributed by atoms with Gasteiger partial charge in [0.05, 0.1) is 18.7 Å². The first-order valence-corrected chi connectivity index (χ1v) is 41.5. The number of thiol groups is 1. The van der Waals surface area contributed by atoms with Gasteiger partial charge in [-0.05, 0) is 125 Å². The van der Waals surface area contributed by atoms with E-state index in [1.165, 1.54) is 56.9 Å². The minimum absolute atomic E-state index is 0.00491. The van der Waals surface area contributed by atoms with E-state index in [1.54, 1.807) is 88.5 Å². The fraction of sp³-hybridized carbons (Fsp3) is 0.537. The van der Waals surface area contributed by atoms with Crippen molar-refractivity contribution in [2.45, 2.75) is 236 Å². The quantitative estimate of drug-likeness (QED) is 0.00928. The number of fused-ring (bicyclic) bond motifs is 1. The van der Waals surface area contributed by atoms with E-state index in [9.17, 15) is 107 Å². The van der Waals surface area contributed by atoms with Crippen LogP contribution in [0, 0.1) is 23.2 Å². The largest absolute Gasteiger partial charge is 0.508 e. The molecule has 15 atom stereocenters. The topological polar surface area (TPSA) is 655 Å². The van der Waals surface area contributed by atoms with Crippen LogP contribution in [0.15, 0.2) is 85.1 Å². The number of aliphatic hydroxyl groups is 1. The number of carboxylic acid groups (broad SMARTS) is 3. The fourth-order valence-electron chi connectivity index (χ4n) is 13.4. The zero-order valence-electron chi connectivity index (χ0n) is 70.7. The highest BCUT2D eigenvalue weighted by molar-refractivity contribution is 7.80. The smallest absolute Gasteiger partial charge is 0.328 e. The lowest BCUT2D eigenvalue weighted by Crippen LogP contribution is -2.61. The lowest BCUT2D eigenvalue weighted by molar-refractivity contribution is -0.145. The minimum atomic E-state index is -1.84. The van der Waals surface area contributed by atoms with Crippen molar-refractivity contribution < 1.29 is 107 Å². The molecule has 1 saturated heterocycles. The van der Waals surface area contributed by atoms with Gasteiger partial charge >= 0.3 is 17.9 Å². The molecule has 124 heavy (non-hydrogen) atoms. The summed E-state index contributed by atoms with van der Waals surface area (Å²) in [5, 5.41) is 92.8. The molecule has 0 unspecified atom stereocenters. The van der Waals surface area contributed by atoms with Crippen LogP contribution in [0.3, 0.4) is 0 Å². The number of aromatic hydroxyl groups is 1. The Bertz CT molecular complexity index is 4400. The zero-order chi connectivity index (χ0) is 92.4. The van der Waals surface area contributed by atoms with Gasteiger partial charge in [0.15, 0.2) is 12.0 Å². The number of benzene rings is 3. The second-order valence-electron chi connectivity index (χ2n) is 31.7. The summed E-state index contributed by atoms with van der Waals surface area (Å²) in [6, 6.07) is 0.384. The number of para-hydroxylation sites is 1. The van der Waals surface area contributed by atoms with Crippen LogP contribution >= 0.6 is 12.6 Å². The standard InChI is InChI=1S/C82H119N19O22S/c1-41(2)33-56(94-76(117)58(35-47-17-11-10-12-18-47)95-72(113)54(27-29-64(105)106)90-75(116)59(36-48-23-25-50(103)26-24-48)96-78(119)61(40-124)98-68(109)44(7)83)74(115)97-60(37-49-38-87-52-20-14-13-19-51(49)52)70(111)88-39-63(104)101-32-16-22-62(101)79(120)91-53(21-15-31-86-82(84)85)71(112)89-45(8)69(110)93-57(34-42(3)4)77(118)99-66(43(5)6)80(121)92-55(28-30-65(107)108)73(114)100-67(46(9)102)81(122)123/h10-14,17-20,23-26,38,41-46,53-62,66-67,87,102-103,124H,15-16,21-22,27-37,39-40,83H2,1-9H3,(H,88,111)(H,89,112)(H,90,116)(H,91,120)(H,92,121)(H,93,110)(H,94,117)(H,95,113)(H,96,119)(H,97,115)(H,98,109)(H,99,118)(H,100,114)(H,105,106)(H,107,108)(H,122,123)(H4,84,85,86)/t44-,45-,46+,53-,54-,55-,56-,57-,58-,59-,60-,61-,62-,66-,67-/m0/s1. The number of carboxylic acids is 3. The Labute approximate surface area is 722 Å². The zero-order valence-corrected chi connectivity index (χ0v) is 71.6. The second kappa shape index (κ2) is 50.2. The SMILES string of the molecule is CC(C)C[C@H](NC(=O)[C@H](C)NC(=O)[C@H](CCCNC(=N)N)NC(=O)[C@@H]1CCCN1C(=O)CNC(=O)[C@H](Cc1c[nH]c2ccccc12)NC(=O)[C@H](CC(C)C)NC(=O)[C@H](Cc1ccccc1)NC(=O)[C@H](CCC(=O)O)NC(=O)[C@H](Cc1ccc(O)cc1)NC(=O)[C@H](CS)NC(=O)[C@H](C)N)C(=O)N[C@H](C(=O)N[C@@H](CCC(=O)O)C(=O)N[C@H](C(=O)O)[C@@H](C)O)C(C)C. The van der Waals surface area contributed by atoms with E-state index in [0.717, 1.165) is 6.92 Å². The van der Waals surface area contributed by atoms with E-state index < -0.39 is 235 Å². The van der Waals surface area contributed by atoms with Crippen molar-refractivity contribution in [3.05, 3.63) is 102 Å². The number of phenols is 1. The number of rotatable bonds is 51.